The fourth-order valence-electron chi connectivity index (χ4n) is 3.30. The number of carbonyl (C=O) groups excluding carboxylic acids is 4. The smallest absolute Gasteiger partial charge is 0.320 e. The van der Waals surface area contributed by atoms with Gasteiger partial charge in [-0.3, -0.25) is 33.9 Å². The second-order valence-corrected chi connectivity index (χ2v) is 7.38. The predicted molar refractivity (Wildman–Crippen MR) is 128 cm³/mol. The lowest BCUT2D eigenvalue weighted by atomic mass is 10.3. The Hall–Kier alpha value is -2.24. The summed E-state index contributed by atoms with van der Waals surface area (Å²) in [5.74, 6) is -0.967. The zero-order valence-corrected chi connectivity index (χ0v) is 21.6. The maximum atomic E-state index is 12.1. The monoisotopic (exact) mass is 488 g/mol. The van der Waals surface area contributed by atoms with E-state index in [9.17, 15) is 19.2 Å². The van der Waals surface area contributed by atoms with Gasteiger partial charge in [0.15, 0.2) is 0 Å². The van der Waals surface area contributed by atoms with Crippen LogP contribution in [-0.4, -0.2) is 136 Å². The van der Waals surface area contributed by atoms with Gasteiger partial charge in [-0.25, -0.2) is 0 Å². The summed E-state index contributed by atoms with van der Waals surface area (Å²) >= 11 is 0. The summed E-state index contributed by atoms with van der Waals surface area (Å²) in [5.41, 5.74) is 0. The largest absolute Gasteiger partial charge is 0.465 e. The minimum absolute atomic E-state index is 0.114. The third-order valence-corrected chi connectivity index (χ3v) is 4.99. The molecule has 0 aromatic carbocycles. The van der Waals surface area contributed by atoms with Crippen LogP contribution in [0.1, 0.15) is 34.6 Å². The molecular formula is C23H44N4O7. The Kier molecular flexibility index (Phi) is 18.8. The minimum atomic E-state index is -0.324. The van der Waals surface area contributed by atoms with Crippen LogP contribution in [0, 0.1) is 0 Å². The fourth-order valence-corrected chi connectivity index (χ4v) is 3.30. The van der Waals surface area contributed by atoms with Crippen LogP contribution in [0.15, 0.2) is 0 Å². The van der Waals surface area contributed by atoms with Gasteiger partial charge in [-0.15, -0.1) is 0 Å². The molecule has 0 bridgehead atoms. The molecule has 0 aromatic heterocycles. The second-order valence-electron chi connectivity index (χ2n) is 7.38. The van der Waals surface area contributed by atoms with E-state index in [1.807, 2.05) is 28.5 Å². The molecule has 1 amide bonds. The Morgan fingerprint density at radius 2 is 0.853 bits per heavy atom. The number of ether oxygens (including phenoxy) is 3. The van der Waals surface area contributed by atoms with Crippen molar-refractivity contribution in [2.45, 2.75) is 34.6 Å². The third-order valence-electron chi connectivity index (χ3n) is 4.99. The van der Waals surface area contributed by atoms with Crippen molar-refractivity contribution in [3.8, 4) is 0 Å². The molecule has 1 saturated heterocycles. The summed E-state index contributed by atoms with van der Waals surface area (Å²) in [6.45, 7) is 14.5. The molecule has 11 nitrogen and oxygen atoms in total. The highest BCUT2D eigenvalue weighted by molar-refractivity contribution is 5.72. The fraction of sp³-hybridized carbons (Fsp3) is 0.826. The van der Waals surface area contributed by atoms with E-state index in [0.717, 1.165) is 6.41 Å². The molecule has 0 spiro atoms. The quantitative estimate of drug-likeness (QED) is 0.238. The van der Waals surface area contributed by atoms with E-state index < -0.39 is 0 Å². The van der Waals surface area contributed by atoms with Gasteiger partial charge in [0, 0.05) is 52.4 Å². The first kappa shape index (κ1) is 31.8. The first-order valence-electron chi connectivity index (χ1n) is 12.2. The number of nitrogens with zero attached hydrogens (tertiary/aromatic N) is 4. The van der Waals surface area contributed by atoms with Crippen LogP contribution in [0.3, 0.4) is 0 Å². The molecule has 0 radical (unpaired) electrons. The lowest BCUT2D eigenvalue weighted by Crippen LogP contribution is -2.48. The van der Waals surface area contributed by atoms with Gasteiger partial charge < -0.3 is 19.1 Å². The summed E-state index contributed by atoms with van der Waals surface area (Å²) in [5, 5.41) is 0. The number of rotatable bonds is 10. The topological polar surface area (TPSA) is 109 Å². The van der Waals surface area contributed by atoms with E-state index >= 15 is 0 Å². The molecule has 1 aliphatic rings. The first-order valence-corrected chi connectivity index (χ1v) is 12.2. The van der Waals surface area contributed by atoms with Gasteiger partial charge in [-0.1, -0.05) is 13.8 Å². The average Bonchev–Trinajstić information content (AvgIpc) is 2.81. The highest BCUT2D eigenvalue weighted by Crippen LogP contribution is 2.02. The summed E-state index contributed by atoms with van der Waals surface area (Å²) in [7, 11) is 0. The number of hydrogen-bond donors (Lipinski definition) is 0. The maximum Gasteiger partial charge on any atom is 0.320 e. The maximum absolute atomic E-state index is 12.1. The molecule has 1 heterocycles. The van der Waals surface area contributed by atoms with Crippen LogP contribution in [0.2, 0.25) is 0 Å². The predicted octanol–water partition coefficient (Wildman–Crippen LogP) is 0.0799. The van der Waals surface area contributed by atoms with Gasteiger partial charge in [0.05, 0.1) is 39.5 Å². The van der Waals surface area contributed by atoms with Crippen molar-refractivity contribution in [2.75, 3.05) is 91.8 Å². The van der Waals surface area contributed by atoms with Crippen molar-refractivity contribution in [1.29, 1.82) is 0 Å². The van der Waals surface area contributed by atoms with Gasteiger partial charge >= 0.3 is 17.9 Å². The average molecular weight is 489 g/mol. The van der Waals surface area contributed by atoms with Gasteiger partial charge in [0.2, 0.25) is 6.41 Å². The zero-order valence-electron chi connectivity index (χ0n) is 21.6. The summed E-state index contributed by atoms with van der Waals surface area (Å²) in [4.78, 5) is 55.0. The van der Waals surface area contributed by atoms with Crippen LogP contribution in [-0.2, 0) is 33.4 Å². The van der Waals surface area contributed by atoms with Crippen molar-refractivity contribution in [2.24, 2.45) is 0 Å². The molecule has 0 aliphatic carbocycles. The Labute approximate surface area is 204 Å². The van der Waals surface area contributed by atoms with Crippen molar-refractivity contribution in [3.63, 3.8) is 0 Å². The summed E-state index contributed by atoms with van der Waals surface area (Å²) in [6, 6.07) is 0. The normalized spacial score (nSPS) is 16.8. The number of amides is 1. The Morgan fingerprint density at radius 3 is 1.09 bits per heavy atom. The first-order chi connectivity index (χ1) is 16.4. The van der Waals surface area contributed by atoms with Crippen LogP contribution in [0.25, 0.3) is 0 Å². The molecule has 0 N–H and O–H groups in total. The Morgan fingerprint density at radius 1 is 0.588 bits per heavy atom. The molecule has 1 aliphatic heterocycles. The van der Waals surface area contributed by atoms with Crippen molar-refractivity contribution in [1.82, 2.24) is 19.6 Å². The molecular weight excluding hydrogens is 444 g/mol. The SMILES string of the molecule is CC.CCOC(=O)CN1CCN(C=O)CCN(CC(=O)OCC)CCN(CC(=O)OCC)CC1. The molecule has 0 aromatic rings. The number of carbonyl (C=O) groups is 4. The van der Waals surface area contributed by atoms with Gasteiger partial charge in [-0.2, -0.15) is 0 Å². The van der Waals surface area contributed by atoms with Gasteiger partial charge in [0.25, 0.3) is 0 Å². The van der Waals surface area contributed by atoms with E-state index in [-0.39, 0.29) is 37.5 Å². The molecule has 0 unspecified atom stereocenters. The standard InChI is InChI=1S/C21H38N4O7.C2H6/c1-4-30-19(27)15-22-7-9-23(16-20(28)31-5-2)11-13-25(18-26)14-12-24(10-8-22)17-21(29)32-6-3;1-2/h18H,4-17H2,1-3H3;1-2H3. The van der Waals surface area contributed by atoms with Crippen molar-refractivity contribution in [3.05, 3.63) is 0 Å². The lowest BCUT2D eigenvalue weighted by molar-refractivity contribution is -0.146. The molecule has 198 valence electrons. The van der Waals surface area contributed by atoms with E-state index in [1.165, 1.54) is 0 Å². The highest BCUT2D eigenvalue weighted by Gasteiger charge is 2.20. The molecule has 0 saturated carbocycles. The molecule has 0 atom stereocenters. The van der Waals surface area contributed by atoms with Gasteiger partial charge in [0.1, 0.15) is 0 Å². The zero-order chi connectivity index (χ0) is 25.8. The van der Waals surface area contributed by atoms with Gasteiger partial charge in [-0.05, 0) is 20.8 Å². The van der Waals surface area contributed by atoms with Crippen LogP contribution in [0.5, 0.6) is 0 Å². The molecule has 1 fully saturated rings. The molecule has 34 heavy (non-hydrogen) atoms. The number of esters is 3. The second kappa shape index (κ2) is 20.2. The Balaban J connectivity index is 0.00000529. The van der Waals surface area contributed by atoms with Crippen molar-refractivity contribution >= 4 is 24.3 Å². The van der Waals surface area contributed by atoms with Crippen LogP contribution < -0.4 is 0 Å². The van der Waals surface area contributed by atoms with E-state index in [2.05, 4.69) is 0 Å². The van der Waals surface area contributed by atoms with E-state index in [4.69, 9.17) is 14.2 Å². The molecule has 11 heteroatoms. The minimum Gasteiger partial charge on any atom is -0.465 e. The summed E-state index contributed by atoms with van der Waals surface area (Å²) < 4.78 is 15.2. The van der Waals surface area contributed by atoms with E-state index in [1.54, 1.807) is 25.7 Å². The third kappa shape index (κ3) is 14.8. The van der Waals surface area contributed by atoms with Crippen LogP contribution in [0.4, 0.5) is 0 Å². The Bertz CT molecular complexity index is 556. The lowest BCUT2D eigenvalue weighted by Gasteiger charge is -2.32. The number of hydrogen-bond acceptors (Lipinski definition) is 10. The highest BCUT2D eigenvalue weighted by atomic mass is 16.5. The molecule has 1 rings (SSSR count). The summed E-state index contributed by atoms with van der Waals surface area (Å²) in [6.07, 6.45) is 0.782. The van der Waals surface area contributed by atoms with Crippen molar-refractivity contribution < 1.29 is 33.4 Å². The van der Waals surface area contributed by atoms with Crippen LogP contribution >= 0.6 is 0 Å². The van der Waals surface area contributed by atoms with E-state index in [0.29, 0.717) is 72.2 Å².